The minimum Gasteiger partial charge on any atom is -0.327 e. The molecule has 0 radical (unpaired) electrons. The van der Waals surface area contributed by atoms with Crippen molar-refractivity contribution in [1.82, 2.24) is 10.4 Å². The first kappa shape index (κ1) is 14.5. The van der Waals surface area contributed by atoms with E-state index in [1.165, 1.54) is 7.11 Å². The zero-order valence-corrected chi connectivity index (χ0v) is 12.4. The second kappa shape index (κ2) is 6.15. The summed E-state index contributed by atoms with van der Waals surface area (Å²) in [5.41, 5.74) is 2.93. The molecule has 22 heavy (non-hydrogen) atoms. The first-order valence-corrected chi connectivity index (χ1v) is 7.33. The molecule has 1 aliphatic heterocycles. The van der Waals surface area contributed by atoms with Crippen LogP contribution in [0.2, 0.25) is 0 Å². The highest BCUT2D eigenvalue weighted by Gasteiger charge is 2.34. The van der Waals surface area contributed by atoms with Crippen LogP contribution in [0.15, 0.2) is 42.5 Å². The topological polar surface area (TPSA) is 58.6 Å². The van der Waals surface area contributed by atoms with Gasteiger partial charge in [0.1, 0.15) is 6.04 Å². The average molecular weight is 298 g/mol. The van der Waals surface area contributed by atoms with Gasteiger partial charge in [-0.1, -0.05) is 30.3 Å². The van der Waals surface area contributed by atoms with E-state index in [-0.39, 0.29) is 11.8 Å². The molecule has 5 heteroatoms. The Balaban J connectivity index is 1.86. The molecule has 2 aromatic carbocycles. The summed E-state index contributed by atoms with van der Waals surface area (Å²) in [6, 6.07) is 13.1. The zero-order chi connectivity index (χ0) is 15.5. The summed E-state index contributed by atoms with van der Waals surface area (Å²) in [4.78, 5) is 31.0. The molecule has 0 aliphatic carbocycles. The lowest BCUT2D eigenvalue weighted by Crippen LogP contribution is -2.45. The number of carbonyl (C=O) groups excluding carboxylic acids is 2. The molecule has 1 atom stereocenters. The number of hydrogen-bond acceptors (Lipinski definition) is 3. The molecule has 2 amide bonds. The van der Waals surface area contributed by atoms with E-state index >= 15 is 0 Å². The highest BCUT2D eigenvalue weighted by molar-refractivity contribution is 6.00. The molecule has 2 aromatic rings. The zero-order valence-electron chi connectivity index (χ0n) is 12.4. The second-order valence-corrected chi connectivity index (χ2v) is 5.39. The summed E-state index contributed by atoms with van der Waals surface area (Å²) in [5, 5.41) is 2.11. The lowest BCUT2D eigenvalue weighted by molar-refractivity contribution is -0.135. The number of carbonyl (C=O) groups is 2. The van der Waals surface area contributed by atoms with Gasteiger partial charge in [-0.25, -0.2) is 5.48 Å². The fourth-order valence-corrected chi connectivity index (χ4v) is 2.94. The van der Waals surface area contributed by atoms with Crippen LogP contribution in [-0.2, 0) is 9.63 Å². The van der Waals surface area contributed by atoms with Gasteiger partial charge in [0.05, 0.1) is 7.11 Å². The third kappa shape index (κ3) is 2.67. The van der Waals surface area contributed by atoms with E-state index in [9.17, 15) is 9.59 Å². The lowest BCUT2D eigenvalue weighted by atomic mass is 10.1. The second-order valence-electron chi connectivity index (χ2n) is 5.39. The van der Waals surface area contributed by atoms with Crippen molar-refractivity contribution in [1.29, 1.82) is 0 Å². The molecule has 0 bridgehead atoms. The summed E-state index contributed by atoms with van der Waals surface area (Å²) in [6.07, 6.45) is 1.48. The van der Waals surface area contributed by atoms with Crippen LogP contribution in [0, 0.1) is 0 Å². The van der Waals surface area contributed by atoms with Crippen LogP contribution < -0.4 is 5.48 Å². The molecule has 1 saturated heterocycles. The van der Waals surface area contributed by atoms with Gasteiger partial charge in [0.2, 0.25) is 0 Å². The molecule has 0 spiro atoms. The quantitative estimate of drug-likeness (QED) is 0.883. The number of benzene rings is 2. The molecule has 0 unspecified atom stereocenters. The minimum absolute atomic E-state index is 0.112. The van der Waals surface area contributed by atoms with Crippen LogP contribution in [0.1, 0.15) is 23.2 Å². The maximum absolute atomic E-state index is 12.7. The largest absolute Gasteiger partial charge is 0.327 e. The Morgan fingerprint density at radius 2 is 1.95 bits per heavy atom. The minimum atomic E-state index is -0.459. The van der Waals surface area contributed by atoms with Crippen LogP contribution in [0.4, 0.5) is 0 Å². The van der Waals surface area contributed by atoms with E-state index in [1.54, 1.807) is 4.90 Å². The van der Waals surface area contributed by atoms with Gasteiger partial charge in [0.15, 0.2) is 0 Å². The number of likely N-dealkylation sites (tertiary alicyclic amines) is 1. The highest BCUT2D eigenvalue weighted by atomic mass is 16.6. The molecule has 1 N–H and O–H groups in total. The molecule has 114 valence electrons. The summed E-state index contributed by atoms with van der Waals surface area (Å²) < 4.78 is 0. The number of rotatable bonds is 3. The summed E-state index contributed by atoms with van der Waals surface area (Å²) >= 11 is 0. The SMILES string of the molecule is CONC(=O)[C@@H]1CCCN1C(=O)c1ccc2ccccc2c1. The van der Waals surface area contributed by atoms with Crippen LogP contribution in [0.3, 0.4) is 0 Å². The van der Waals surface area contributed by atoms with Gasteiger partial charge in [-0.3, -0.25) is 14.4 Å². The molecule has 1 fully saturated rings. The molecular formula is C17H18N2O3. The Morgan fingerprint density at radius 3 is 2.73 bits per heavy atom. The van der Waals surface area contributed by atoms with Gasteiger partial charge >= 0.3 is 0 Å². The normalized spacial score (nSPS) is 17.7. The van der Waals surface area contributed by atoms with E-state index in [4.69, 9.17) is 0 Å². The Hall–Kier alpha value is -2.40. The van der Waals surface area contributed by atoms with Crippen molar-refractivity contribution in [3.63, 3.8) is 0 Å². The van der Waals surface area contributed by atoms with Gasteiger partial charge < -0.3 is 4.90 Å². The first-order valence-electron chi connectivity index (χ1n) is 7.33. The molecule has 5 nitrogen and oxygen atoms in total. The first-order chi connectivity index (χ1) is 10.7. The van der Waals surface area contributed by atoms with E-state index in [0.29, 0.717) is 18.5 Å². The standard InChI is InChI=1S/C17H18N2O3/c1-22-18-16(20)15-7-4-10-19(15)17(21)14-9-8-12-5-2-3-6-13(12)11-14/h2-3,5-6,8-9,11,15H,4,7,10H2,1H3,(H,18,20)/t15-/m0/s1. The van der Waals surface area contributed by atoms with Gasteiger partial charge in [-0.05, 0) is 35.7 Å². The predicted molar refractivity (Wildman–Crippen MR) is 83.2 cm³/mol. The Labute approximate surface area is 128 Å². The number of nitrogens with zero attached hydrogens (tertiary/aromatic N) is 1. The monoisotopic (exact) mass is 298 g/mol. The van der Waals surface area contributed by atoms with Crippen LogP contribution in [0.25, 0.3) is 10.8 Å². The smallest absolute Gasteiger partial charge is 0.266 e. The maximum Gasteiger partial charge on any atom is 0.266 e. The Bertz CT molecular complexity index is 714. The molecule has 1 heterocycles. The van der Waals surface area contributed by atoms with Gasteiger partial charge in [0, 0.05) is 12.1 Å². The van der Waals surface area contributed by atoms with Crippen molar-refractivity contribution < 1.29 is 14.4 Å². The Morgan fingerprint density at radius 1 is 1.18 bits per heavy atom. The van der Waals surface area contributed by atoms with Crippen LogP contribution >= 0.6 is 0 Å². The Kier molecular flexibility index (Phi) is 4.06. The average Bonchev–Trinajstić information content (AvgIpc) is 3.03. The van der Waals surface area contributed by atoms with E-state index in [1.807, 2.05) is 42.5 Å². The fraction of sp³-hybridized carbons (Fsp3) is 0.294. The number of fused-ring (bicyclic) bond motifs is 1. The predicted octanol–water partition coefficient (Wildman–Crippen LogP) is 2.12. The van der Waals surface area contributed by atoms with Crippen molar-refractivity contribution in [2.45, 2.75) is 18.9 Å². The van der Waals surface area contributed by atoms with Crippen LogP contribution in [0.5, 0.6) is 0 Å². The molecule has 1 aliphatic rings. The van der Waals surface area contributed by atoms with E-state index in [2.05, 4.69) is 10.3 Å². The highest BCUT2D eigenvalue weighted by Crippen LogP contribution is 2.22. The van der Waals surface area contributed by atoms with Gasteiger partial charge in [-0.15, -0.1) is 0 Å². The molecule has 0 aromatic heterocycles. The third-order valence-corrected chi connectivity index (χ3v) is 4.02. The number of amides is 2. The maximum atomic E-state index is 12.7. The summed E-state index contributed by atoms with van der Waals surface area (Å²) in [5.74, 6) is -0.381. The molecule has 0 saturated carbocycles. The van der Waals surface area contributed by atoms with Crippen molar-refractivity contribution in [3.05, 3.63) is 48.0 Å². The number of hydroxylamine groups is 1. The van der Waals surface area contributed by atoms with Gasteiger partial charge in [0.25, 0.3) is 11.8 Å². The van der Waals surface area contributed by atoms with Crippen molar-refractivity contribution >= 4 is 22.6 Å². The van der Waals surface area contributed by atoms with Crippen molar-refractivity contribution in [2.24, 2.45) is 0 Å². The number of hydrogen-bond donors (Lipinski definition) is 1. The molecule has 3 rings (SSSR count). The lowest BCUT2D eigenvalue weighted by Gasteiger charge is -2.23. The van der Waals surface area contributed by atoms with Crippen molar-refractivity contribution in [3.8, 4) is 0 Å². The summed E-state index contributed by atoms with van der Waals surface area (Å²) in [6.45, 7) is 0.591. The number of nitrogens with one attached hydrogen (secondary N) is 1. The molecular weight excluding hydrogens is 280 g/mol. The van der Waals surface area contributed by atoms with E-state index in [0.717, 1.165) is 17.2 Å². The van der Waals surface area contributed by atoms with E-state index < -0.39 is 6.04 Å². The van der Waals surface area contributed by atoms with Crippen molar-refractivity contribution in [2.75, 3.05) is 13.7 Å². The summed E-state index contributed by atoms with van der Waals surface area (Å²) in [7, 11) is 1.39. The van der Waals surface area contributed by atoms with Crippen LogP contribution in [-0.4, -0.2) is 36.4 Å². The fourth-order valence-electron chi connectivity index (χ4n) is 2.94. The third-order valence-electron chi connectivity index (χ3n) is 4.02. The van der Waals surface area contributed by atoms with Gasteiger partial charge in [-0.2, -0.15) is 0 Å².